The highest BCUT2D eigenvalue weighted by atomic mass is 35.5. The van der Waals surface area contributed by atoms with Crippen LogP contribution in [0.4, 0.5) is 0 Å². The fourth-order valence-electron chi connectivity index (χ4n) is 4.62. The van der Waals surface area contributed by atoms with E-state index in [9.17, 15) is 9.59 Å². The van der Waals surface area contributed by atoms with Crippen molar-refractivity contribution >= 4 is 45.7 Å². The second-order valence-electron chi connectivity index (χ2n) is 8.51. The van der Waals surface area contributed by atoms with Crippen LogP contribution in [0.5, 0.6) is 0 Å². The van der Waals surface area contributed by atoms with E-state index >= 15 is 0 Å². The van der Waals surface area contributed by atoms with Gasteiger partial charge in [-0.25, -0.2) is 4.98 Å². The molecule has 0 radical (unpaired) electrons. The predicted octanol–water partition coefficient (Wildman–Crippen LogP) is 3.74. The molecule has 1 fully saturated rings. The van der Waals surface area contributed by atoms with E-state index in [1.807, 2.05) is 12.1 Å². The first-order valence-electron chi connectivity index (χ1n) is 11.1. The van der Waals surface area contributed by atoms with Crippen molar-refractivity contribution in [1.82, 2.24) is 25.5 Å². The molecule has 32 heavy (non-hydrogen) atoms. The minimum atomic E-state index is -0.173. The molecule has 9 heteroatoms. The van der Waals surface area contributed by atoms with Crippen LogP contribution >= 0.6 is 22.9 Å². The van der Waals surface area contributed by atoms with Crippen LogP contribution in [-0.2, 0) is 13.0 Å². The molecule has 3 aromatic rings. The van der Waals surface area contributed by atoms with Crippen LogP contribution in [0.3, 0.4) is 0 Å². The highest BCUT2D eigenvalue weighted by Gasteiger charge is 2.32. The van der Waals surface area contributed by atoms with Gasteiger partial charge >= 0.3 is 0 Å². The lowest BCUT2D eigenvalue weighted by atomic mass is 10.1. The number of hydrogen-bond donors (Lipinski definition) is 3. The first-order valence-corrected chi connectivity index (χ1v) is 12.3. The average Bonchev–Trinajstić information content (AvgIpc) is 3.51. The maximum atomic E-state index is 12.9. The molecular weight excluding hydrogens is 446 g/mol. The molecule has 1 saturated carbocycles. The maximum Gasteiger partial charge on any atom is 0.280 e. The minimum absolute atomic E-state index is 0.0988. The number of H-pyrrole nitrogens is 1. The summed E-state index contributed by atoms with van der Waals surface area (Å²) in [6.07, 6.45) is 3.53. The second-order valence-corrected chi connectivity index (χ2v) is 10.0. The number of nitrogens with zero attached hydrogens (tertiary/aromatic N) is 2. The van der Waals surface area contributed by atoms with Crippen molar-refractivity contribution in [2.24, 2.45) is 0 Å². The molecule has 3 heterocycles. The molecule has 2 amide bonds. The van der Waals surface area contributed by atoms with Crippen LogP contribution in [0.25, 0.3) is 10.9 Å². The third kappa shape index (κ3) is 4.27. The first-order chi connectivity index (χ1) is 15.5. The average molecular weight is 472 g/mol. The Morgan fingerprint density at radius 1 is 1.22 bits per heavy atom. The zero-order valence-corrected chi connectivity index (χ0v) is 19.5. The van der Waals surface area contributed by atoms with Gasteiger partial charge in [0.05, 0.1) is 5.69 Å². The van der Waals surface area contributed by atoms with Gasteiger partial charge in [-0.15, -0.1) is 11.3 Å². The van der Waals surface area contributed by atoms with Crippen molar-refractivity contribution in [3.8, 4) is 0 Å². The van der Waals surface area contributed by atoms with Crippen LogP contribution in [0.1, 0.15) is 57.0 Å². The van der Waals surface area contributed by atoms with Gasteiger partial charge in [-0.05, 0) is 50.1 Å². The Kier molecular flexibility index (Phi) is 5.92. The van der Waals surface area contributed by atoms with Gasteiger partial charge in [0.2, 0.25) is 0 Å². The number of fused-ring (bicyclic) bond motifs is 2. The number of hydrogen-bond acceptors (Lipinski definition) is 5. The largest absolute Gasteiger partial charge is 0.351 e. The van der Waals surface area contributed by atoms with Gasteiger partial charge in [0.15, 0.2) is 5.01 Å². The molecule has 7 nitrogen and oxygen atoms in total. The molecule has 2 aromatic heterocycles. The monoisotopic (exact) mass is 471 g/mol. The van der Waals surface area contributed by atoms with Gasteiger partial charge in [0.25, 0.3) is 11.8 Å². The summed E-state index contributed by atoms with van der Waals surface area (Å²) in [5, 5.41) is 8.28. The van der Waals surface area contributed by atoms with Crippen molar-refractivity contribution in [3.05, 3.63) is 50.6 Å². The number of benzene rings is 1. The fourth-order valence-corrected chi connectivity index (χ4v) is 5.86. The third-order valence-corrected chi connectivity index (χ3v) is 7.74. The normalized spacial score (nSPS) is 20.9. The quantitative estimate of drug-likeness (QED) is 0.528. The summed E-state index contributed by atoms with van der Waals surface area (Å²) in [6, 6.07) is 7.08. The Morgan fingerprint density at radius 2 is 2.00 bits per heavy atom. The smallest absolute Gasteiger partial charge is 0.280 e. The number of nitrogens with one attached hydrogen (secondary N) is 3. The van der Waals surface area contributed by atoms with E-state index in [2.05, 4.69) is 32.4 Å². The molecule has 1 aliphatic carbocycles. The van der Waals surface area contributed by atoms with Crippen LogP contribution in [0.2, 0.25) is 5.02 Å². The number of carbonyl (C=O) groups is 2. The number of aromatic nitrogens is 2. The van der Waals surface area contributed by atoms with Crippen LogP contribution in [0, 0.1) is 0 Å². The van der Waals surface area contributed by atoms with Gasteiger partial charge in [-0.3, -0.25) is 14.5 Å². The molecule has 1 aromatic carbocycles. The molecule has 0 unspecified atom stereocenters. The van der Waals surface area contributed by atoms with Crippen molar-refractivity contribution in [2.45, 2.75) is 51.2 Å². The molecule has 2 atom stereocenters. The van der Waals surface area contributed by atoms with Gasteiger partial charge in [-0.1, -0.05) is 18.5 Å². The van der Waals surface area contributed by atoms with Crippen molar-refractivity contribution in [2.75, 3.05) is 13.1 Å². The second kappa shape index (κ2) is 8.84. The lowest BCUT2D eigenvalue weighted by Gasteiger charge is -2.23. The van der Waals surface area contributed by atoms with E-state index in [-0.39, 0.29) is 23.9 Å². The Bertz CT molecular complexity index is 1170. The lowest BCUT2D eigenvalue weighted by molar-refractivity contribution is 0.0889. The minimum Gasteiger partial charge on any atom is -0.351 e. The van der Waals surface area contributed by atoms with Gasteiger partial charge in [0.1, 0.15) is 5.69 Å². The number of amides is 2. The van der Waals surface area contributed by atoms with Gasteiger partial charge in [-0.2, -0.15) is 0 Å². The standard InChI is InChI=1S/C23H26ClN5O2S/c1-2-29-9-8-18-20(12-29)32-23(28-18)22(31)27-17-5-3-4-16(17)26-21(30)19-11-13-10-14(24)6-7-15(13)25-19/h6-7,10-11,16-17,25H,2-5,8-9,12H2,1H3,(H,26,30)(H,27,31)/t16-,17-/m0/s1. The van der Waals surface area contributed by atoms with E-state index in [1.54, 1.807) is 12.1 Å². The predicted molar refractivity (Wildman–Crippen MR) is 126 cm³/mol. The number of rotatable bonds is 5. The summed E-state index contributed by atoms with van der Waals surface area (Å²) in [5.74, 6) is -0.313. The third-order valence-electron chi connectivity index (χ3n) is 6.43. The maximum absolute atomic E-state index is 12.9. The van der Waals surface area contributed by atoms with Crippen LogP contribution in [0.15, 0.2) is 24.3 Å². The van der Waals surface area contributed by atoms with E-state index < -0.39 is 0 Å². The number of halogens is 1. The van der Waals surface area contributed by atoms with E-state index in [0.29, 0.717) is 15.7 Å². The topological polar surface area (TPSA) is 90.1 Å². The summed E-state index contributed by atoms with van der Waals surface area (Å²) in [4.78, 5) is 37.1. The number of likely N-dealkylation sites (N-methyl/N-ethyl adjacent to an activating group) is 1. The fraction of sp³-hybridized carbons (Fsp3) is 0.435. The molecule has 0 spiro atoms. The molecule has 5 rings (SSSR count). The SMILES string of the molecule is CCN1CCc2nc(C(=O)N[C@H]3CCC[C@@H]3NC(=O)c3cc4cc(Cl)ccc4[nH]3)sc2C1. The van der Waals surface area contributed by atoms with E-state index in [0.717, 1.165) is 61.9 Å². The Morgan fingerprint density at radius 3 is 2.78 bits per heavy atom. The van der Waals surface area contributed by atoms with Gasteiger partial charge in [0, 0.05) is 52.4 Å². The number of thiazole rings is 1. The Hall–Kier alpha value is -2.42. The van der Waals surface area contributed by atoms with E-state index in [4.69, 9.17) is 11.6 Å². The summed E-state index contributed by atoms with van der Waals surface area (Å²) < 4.78 is 0. The van der Waals surface area contributed by atoms with Crippen molar-refractivity contribution < 1.29 is 9.59 Å². The molecule has 3 N–H and O–H groups in total. The summed E-state index contributed by atoms with van der Waals surface area (Å²) in [7, 11) is 0. The zero-order valence-electron chi connectivity index (χ0n) is 17.9. The van der Waals surface area contributed by atoms with Crippen LogP contribution in [-0.4, -0.2) is 51.9 Å². The summed E-state index contributed by atoms with van der Waals surface area (Å²) in [6.45, 7) is 5.02. The Balaban J connectivity index is 1.24. The van der Waals surface area contributed by atoms with Gasteiger partial charge < -0.3 is 15.6 Å². The van der Waals surface area contributed by atoms with Crippen molar-refractivity contribution in [3.63, 3.8) is 0 Å². The summed E-state index contributed by atoms with van der Waals surface area (Å²) >= 11 is 7.54. The Labute approximate surface area is 195 Å². The molecule has 168 valence electrons. The van der Waals surface area contributed by atoms with Crippen molar-refractivity contribution in [1.29, 1.82) is 0 Å². The molecule has 0 bridgehead atoms. The zero-order chi connectivity index (χ0) is 22.2. The van der Waals surface area contributed by atoms with E-state index in [1.165, 1.54) is 16.2 Å². The summed E-state index contributed by atoms with van der Waals surface area (Å²) in [5.41, 5.74) is 2.41. The lowest BCUT2D eigenvalue weighted by Crippen LogP contribution is -2.48. The highest BCUT2D eigenvalue weighted by Crippen LogP contribution is 2.26. The highest BCUT2D eigenvalue weighted by molar-refractivity contribution is 7.13. The van der Waals surface area contributed by atoms with Crippen LogP contribution < -0.4 is 10.6 Å². The molecule has 2 aliphatic rings. The number of carbonyl (C=O) groups excluding carboxylic acids is 2. The molecule has 1 aliphatic heterocycles. The molecular formula is C23H26ClN5O2S. The molecule has 0 saturated heterocycles. The number of aromatic amines is 1. The first kappa shape index (κ1) is 21.4.